The Morgan fingerprint density at radius 1 is 1.50 bits per heavy atom. The van der Waals surface area contributed by atoms with Crippen LogP contribution in [-0.4, -0.2) is 28.0 Å². The molecule has 1 aromatic heterocycles. The fourth-order valence-electron chi connectivity index (χ4n) is 1.87. The highest BCUT2D eigenvalue weighted by molar-refractivity contribution is 5.14. The fraction of sp³-hybridized carbons (Fsp3) is 0.600. The summed E-state index contributed by atoms with van der Waals surface area (Å²) in [4.78, 5) is 20.5. The van der Waals surface area contributed by atoms with Crippen LogP contribution in [0, 0.1) is 6.92 Å². The number of hydrogen-bond donors (Lipinski definition) is 1. The second-order valence-electron chi connectivity index (χ2n) is 3.78. The smallest absolute Gasteiger partial charge is 0.255 e. The van der Waals surface area contributed by atoms with Crippen LogP contribution in [0.2, 0.25) is 0 Å². The molecule has 0 saturated carbocycles. The van der Waals surface area contributed by atoms with Crippen molar-refractivity contribution in [3.8, 4) is 0 Å². The number of H-pyrrole nitrogens is 1. The number of aromatic nitrogens is 2. The lowest BCUT2D eigenvalue weighted by Gasteiger charge is -2.14. The Balaban J connectivity index is 2.19. The molecule has 4 nitrogen and oxygen atoms in total. The molecule has 1 saturated heterocycles. The maximum atomic E-state index is 11.5. The molecule has 0 aliphatic carbocycles. The van der Waals surface area contributed by atoms with Gasteiger partial charge in [0.2, 0.25) is 0 Å². The molecule has 14 heavy (non-hydrogen) atoms. The lowest BCUT2D eigenvalue weighted by Crippen LogP contribution is -2.25. The van der Waals surface area contributed by atoms with Crippen molar-refractivity contribution in [2.24, 2.45) is 0 Å². The first-order valence-corrected chi connectivity index (χ1v) is 5.03. The largest absolute Gasteiger partial charge is 0.313 e. The number of likely N-dealkylation sites (tertiary alicyclic amines) is 1. The highest BCUT2D eigenvalue weighted by Gasteiger charge is 2.14. The Bertz CT molecular complexity index is 366. The third kappa shape index (κ3) is 1.85. The molecule has 0 aromatic carbocycles. The summed E-state index contributed by atoms with van der Waals surface area (Å²) in [6.45, 7) is 4.84. The van der Waals surface area contributed by atoms with Gasteiger partial charge in [-0.3, -0.25) is 9.69 Å². The van der Waals surface area contributed by atoms with E-state index in [2.05, 4.69) is 14.9 Å². The number of rotatable bonds is 2. The number of nitrogens with one attached hydrogen (secondary N) is 1. The van der Waals surface area contributed by atoms with Crippen LogP contribution in [-0.2, 0) is 6.54 Å². The minimum Gasteiger partial charge on any atom is -0.313 e. The van der Waals surface area contributed by atoms with E-state index in [4.69, 9.17) is 0 Å². The molecule has 0 spiro atoms. The van der Waals surface area contributed by atoms with Gasteiger partial charge < -0.3 is 4.98 Å². The van der Waals surface area contributed by atoms with Crippen LogP contribution in [0.1, 0.15) is 24.1 Å². The van der Waals surface area contributed by atoms with Gasteiger partial charge >= 0.3 is 0 Å². The quantitative estimate of drug-likeness (QED) is 0.751. The van der Waals surface area contributed by atoms with Gasteiger partial charge in [0.05, 0.1) is 11.9 Å². The number of nitrogens with zero attached hydrogens (tertiary/aromatic N) is 2. The van der Waals surface area contributed by atoms with Gasteiger partial charge in [0.25, 0.3) is 5.56 Å². The lowest BCUT2D eigenvalue weighted by molar-refractivity contribution is 0.328. The SMILES string of the molecule is Cc1nc[nH]c(=O)c1CN1CCCC1. The summed E-state index contributed by atoms with van der Waals surface area (Å²) >= 11 is 0. The molecule has 1 fully saturated rings. The molecule has 2 heterocycles. The normalized spacial score (nSPS) is 17.5. The Hall–Kier alpha value is -1.16. The Morgan fingerprint density at radius 2 is 2.21 bits per heavy atom. The van der Waals surface area contributed by atoms with Gasteiger partial charge in [-0.1, -0.05) is 0 Å². The lowest BCUT2D eigenvalue weighted by atomic mass is 10.2. The van der Waals surface area contributed by atoms with Crippen LogP contribution in [0.15, 0.2) is 11.1 Å². The molecular formula is C10H15N3O. The van der Waals surface area contributed by atoms with Gasteiger partial charge in [-0.25, -0.2) is 4.98 Å². The van der Waals surface area contributed by atoms with Crippen molar-refractivity contribution in [2.75, 3.05) is 13.1 Å². The van der Waals surface area contributed by atoms with Gasteiger partial charge in [0.15, 0.2) is 0 Å². The van der Waals surface area contributed by atoms with Crippen LogP contribution in [0.5, 0.6) is 0 Å². The average Bonchev–Trinajstić information content (AvgIpc) is 2.64. The first kappa shape index (κ1) is 9.40. The third-order valence-corrected chi connectivity index (χ3v) is 2.75. The van der Waals surface area contributed by atoms with Crippen LogP contribution in [0.25, 0.3) is 0 Å². The van der Waals surface area contributed by atoms with E-state index in [1.54, 1.807) is 0 Å². The summed E-state index contributed by atoms with van der Waals surface area (Å²) in [5, 5.41) is 0. The van der Waals surface area contributed by atoms with E-state index in [1.807, 2.05) is 6.92 Å². The molecule has 0 atom stereocenters. The van der Waals surface area contributed by atoms with E-state index in [0.717, 1.165) is 30.9 Å². The minimum atomic E-state index is 0.00407. The first-order valence-electron chi connectivity index (χ1n) is 5.03. The van der Waals surface area contributed by atoms with Crippen LogP contribution in [0.3, 0.4) is 0 Å². The highest BCUT2D eigenvalue weighted by atomic mass is 16.1. The average molecular weight is 193 g/mol. The van der Waals surface area contributed by atoms with Gasteiger partial charge in [0, 0.05) is 12.2 Å². The van der Waals surface area contributed by atoms with Gasteiger partial charge in [-0.2, -0.15) is 0 Å². The van der Waals surface area contributed by atoms with Gasteiger partial charge in [-0.05, 0) is 32.9 Å². The van der Waals surface area contributed by atoms with Crippen LogP contribution >= 0.6 is 0 Å². The first-order chi connectivity index (χ1) is 6.77. The van der Waals surface area contributed by atoms with Crippen molar-refractivity contribution in [2.45, 2.75) is 26.3 Å². The topological polar surface area (TPSA) is 49.0 Å². The maximum Gasteiger partial charge on any atom is 0.255 e. The van der Waals surface area contributed by atoms with Crippen molar-refractivity contribution in [1.82, 2.24) is 14.9 Å². The summed E-state index contributed by atoms with van der Waals surface area (Å²) in [5.41, 5.74) is 1.67. The van der Waals surface area contributed by atoms with Crippen molar-refractivity contribution in [1.29, 1.82) is 0 Å². The fourth-order valence-corrected chi connectivity index (χ4v) is 1.87. The number of aryl methyl sites for hydroxylation is 1. The van der Waals surface area contributed by atoms with Gasteiger partial charge in [-0.15, -0.1) is 0 Å². The number of hydrogen-bond acceptors (Lipinski definition) is 3. The molecule has 0 amide bonds. The molecular weight excluding hydrogens is 178 g/mol. The minimum absolute atomic E-state index is 0.00407. The Kier molecular flexibility index (Phi) is 2.63. The standard InChI is InChI=1S/C10H15N3O/c1-8-9(10(14)12-7-11-8)6-13-4-2-3-5-13/h7H,2-6H2,1H3,(H,11,12,14). The molecule has 1 aliphatic rings. The molecule has 1 aromatic rings. The summed E-state index contributed by atoms with van der Waals surface area (Å²) in [5.74, 6) is 0. The molecule has 0 unspecified atom stereocenters. The zero-order valence-electron chi connectivity index (χ0n) is 8.42. The third-order valence-electron chi connectivity index (χ3n) is 2.75. The van der Waals surface area contributed by atoms with E-state index < -0.39 is 0 Å². The Morgan fingerprint density at radius 3 is 2.86 bits per heavy atom. The van der Waals surface area contributed by atoms with E-state index in [-0.39, 0.29) is 5.56 Å². The van der Waals surface area contributed by atoms with Crippen LogP contribution in [0.4, 0.5) is 0 Å². The zero-order chi connectivity index (χ0) is 9.97. The summed E-state index contributed by atoms with van der Waals surface area (Å²) in [6.07, 6.45) is 3.96. The summed E-state index contributed by atoms with van der Waals surface area (Å²) < 4.78 is 0. The summed E-state index contributed by atoms with van der Waals surface area (Å²) in [6, 6.07) is 0. The van der Waals surface area contributed by atoms with E-state index >= 15 is 0 Å². The molecule has 2 rings (SSSR count). The van der Waals surface area contributed by atoms with Crippen LogP contribution < -0.4 is 5.56 Å². The van der Waals surface area contributed by atoms with Crippen molar-refractivity contribution in [3.05, 3.63) is 27.9 Å². The maximum absolute atomic E-state index is 11.5. The van der Waals surface area contributed by atoms with Crippen molar-refractivity contribution < 1.29 is 0 Å². The van der Waals surface area contributed by atoms with Gasteiger partial charge in [0.1, 0.15) is 0 Å². The second kappa shape index (κ2) is 3.92. The predicted octanol–water partition coefficient (Wildman–Crippen LogP) is 0.674. The number of aromatic amines is 1. The van der Waals surface area contributed by atoms with E-state index in [9.17, 15) is 4.79 Å². The zero-order valence-corrected chi connectivity index (χ0v) is 8.42. The van der Waals surface area contributed by atoms with E-state index in [0.29, 0.717) is 0 Å². The van der Waals surface area contributed by atoms with E-state index in [1.165, 1.54) is 19.2 Å². The molecule has 0 bridgehead atoms. The monoisotopic (exact) mass is 193 g/mol. The summed E-state index contributed by atoms with van der Waals surface area (Å²) in [7, 11) is 0. The highest BCUT2D eigenvalue weighted by Crippen LogP contribution is 2.11. The molecule has 1 N–H and O–H groups in total. The molecule has 0 radical (unpaired) electrons. The van der Waals surface area contributed by atoms with Crippen molar-refractivity contribution >= 4 is 0 Å². The second-order valence-corrected chi connectivity index (χ2v) is 3.78. The molecule has 1 aliphatic heterocycles. The molecule has 4 heteroatoms. The molecule has 76 valence electrons. The van der Waals surface area contributed by atoms with Crippen molar-refractivity contribution in [3.63, 3.8) is 0 Å². The predicted molar refractivity (Wildman–Crippen MR) is 54.1 cm³/mol. The Labute approximate surface area is 83.0 Å².